The van der Waals surface area contributed by atoms with Crippen molar-refractivity contribution in [3.05, 3.63) is 64.0 Å². The zero-order chi connectivity index (χ0) is 23.2. The van der Waals surface area contributed by atoms with E-state index in [-0.39, 0.29) is 41.7 Å². The number of ether oxygens (including phenoxy) is 3. The van der Waals surface area contributed by atoms with Crippen LogP contribution in [0.2, 0.25) is 0 Å². The molecule has 33 heavy (non-hydrogen) atoms. The molecule has 1 aliphatic heterocycles. The highest BCUT2D eigenvalue weighted by Crippen LogP contribution is 2.26. The van der Waals surface area contributed by atoms with Gasteiger partial charge in [-0.1, -0.05) is 12.1 Å². The third-order valence-electron chi connectivity index (χ3n) is 5.54. The molecule has 2 N–H and O–H groups in total. The molecule has 0 bridgehead atoms. The van der Waals surface area contributed by atoms with Gasteiger partial charge in [-0.15, -0.1) is 0 Å². The Balaban J connectivity index is 1.48. The Kier molecular flexibility index (Phi) is 7.19. The average Bonchev–Trinajstić information content (AvgIpc) is 2.84. The topological polar surface area (TPSA) is 103 Å². The Labute approximate surface area is 190 Å². The van der Waals surface area contributed by atoms with E-state index in [1.165, 1.54) is 12.1 Å². The van der Waals surface area contributed by atoms with Gasteiger partial charge in [0.1, 0.15) is 11.1 Å². The van der Waals surface area contributed by atoms with E-state index in [1.54, 1.807) is 19.2 Å². The lowest BCUT2D eigenvalue weighted by atomic mass is 10.1. The second kappa shape index (κ2) is 10.4. The van der Waals surface area contributed by atoms with Crippen LogP contribution < -0.4 is 20.3 Å². The van der Waals surface area contributed by atoms with Gasteiger partial charge in [-0.25, -0.2) is 9.37 Å². The van der Waals surface area contributed by atoms with Gasteiger partial charge in [0.2, 0.25) is 0 Å². The van der Waals surface area contributed by atoms with Crippen molar-refractivity contribution in [2.75, 3.05) is 20.3 Å². The standard InChI is InChI=1S/C24H26FN3O5/c1-31-17-7-4-5-15(13-17)14-26-24(30)22-27-19-9-8-18(25)21(20(19)23(29)28-22)33-12-10-16-6-2-3-11-32-16/h4-5,7-9,13,16H,2-3,6,10-12,14H2,1H3,(H,26,30)(H,27,28,29). The number of hydrogen-bond donors (Lipinski definition) is 2. The van der Waals surface area contributed by atoms with E-state index in [1.807, 2.05) is 12.1 Å². The Morgan fingerprint density at radius 3 is 2.97 bits per heavy atom. The summed E-state index contributed by atoms with van der Waals surface area (Å²) in [5.41, 5.74) is 0.357. The van der Waals surface area contributed by atoms with Crippen molar-refractivity contribution in [2.24, 2.45) is 0 Å². The molecule has 2 heterocycles. The van der Waals surface area contributed by atoms with Crippen LogP contribution in [0, 0.1) is 5.82 Å². The number of fused-ring (bicyclic) bond motifs is 1. The first-order valence-electron chi connectivity index (χ1n) is 10.9. The van der Waals surface area contributed by atoms with Gasteiger partial charge < -0.3 is 24.5 Å². The predicted octanol–water partition coefficient (Wildman–Crippen LogP) is 3.34. The number of nitrogens with one attached hydrogen (secondary N) is 2. The number of rotatable bonds is 8. The van der Waals surface area contributed by atoms with Gasteiger partial charge in [0.05, 0.1) is 25.3 Å². The number of nitrogens with zero attached hydrogens (tertiary/aromatic N) is 1. The molecule has 8 nitrogen and oxygen atoms in total. The fourth-order valence-electron chi connectivity index (χ4n) is 3.80. The fourth-order valence-corrected chi connectivity index (χ4v) is 3.80. The minimum Gasteiger partial charge on any atom is -0.497 e. The maximum atomic E-state index is 14.5. The lowest BCUT2D eigenvalue weighted by Gasteiger charge is -2.22. The summed E-state index contributed by atoms with van der Waals surface area (Å²) in [6.45, 7) is 1.15. The van der Waals surface area contributed by atoms with Gasteiger partial charge in [0.25, 0.3) is 11.5 Å². The molecule has 0 radical (unpaired) electrons. The monoisotopic (exact) mass is 455 g/mol. The SMILES string of the molecule is COc1cccc(CNC(=O)c2nc3ccc(F)c(OCCC4CCCCO4)c3c(=O)[nH]2)c1. The van der Waals surface area contributed by atoms with Gasteiger partial charge in [-0.05, 0) is 49.1 Å². The lowest BCUT2D eigenvalue weighted by molar-refractivity contribution is 0.00391. The highest BCUT2D eigenvalue weighted by molar-refractivity contribution is 5.93. The van der Waals surface area contributed by atoms with E-state index in [9.17, 15) is 14.0 Å². The van der Waals surface area contributed by atoms with Crippen LogP contribution in [0.15, 0.2) is 41.2 Å². The first-order valence-corrected chi connectivity index (χ1v) is 10.9. The largest absolute Gasteiger partial charge is 0.497 e. The van der Waals surface area contributed by atoms with Crippen molar-refractivity contribution in [3.8, 4) is 11.5 Å². The number of benzene rings is 2. The predicted molar refractivity (Wildman–Crippen MR) is 120 cm³/mol. The van der Waals surface area contributed by atoms with E-state index in [0.29, 0.717) is 12.2 Å². The number of H-pyrrole nitrogens is 1. The van der Waals surface area contributed by atoms with Crippen molar-refractivity contribution in [2.45, 2.75) is 38.3 Å². The molecule has 1 aliphatic rings. The molecule has 9 heteroatoms. The molecular formula is C24H26FN3O5. The molecule has 1 atom stereocenters. The van der Waals surface area contributed by atoms with Crippen LogP contribution in [0.25, 0.3) is 10.9 Å². The zero-order valence-corrected chi connectivity index (χ0v) is 18.4. The summed E-state index contributed by atoms with van der Waals surface area (Å²) in [7, 11) is 1.56. The molecule has 2 aromatic carbocycles. The third kappa shape index (κ3) is 5.48. The van der Waals surface area contributed by atoms with E-state index < -0.39 is 17.3 Å². The molecule has 4 rings (SSSR count). The molecule has 0 aliphatic carbocycles. The normalized spacial score (nSPS) is 15.9. The highest BCUT2D eigenvalue weighted by atomic mass is 19.1. The molecule has 3 aromatic rings. The number of aromatic nitrogens is 2. The van der Waals surface area contributed by atoms with Crippen molar-refractivity contribution in [1.29, 1.82) is 0 Å². The van der Waals surface area contributed by atoms with E-state index in [2.05, 4.69) is 15.3 Å². The third-order valence-corrected chi connectivity index (χ3v) is 5.54. The van der Waals surface area contributed by atoms with Gasteiger partial charge in [0.15, 0.2) is 17.4 Å². The molecular weight excluding hydrogens is 429 g/mol. The van der Waals surface area contributed by atoms with Crippen molar-refractivity contribution in [3.63, 3.8) is 0 Å². The number of methoxy groups -OCH3 is 1. The van der Waals surface area contributed by atoms with Crippen LogP contribution in [-0.2, 0) is 11.3 Å². The van der Waals surface area contributed by atoms with Crippen LogP contribution in [0.1, 0.15) is 41.9 Å². The molecule has 1 unspecified atom stereocenters. The summed E-state index contributed by atoms with van der Waals surface area (Å²) < 4.78 is 30.9. The van der Waals surface area contributed by atoms with Gasteiger partial charge in [-0.2, -0.15) is 0 Å². The number of aromatic amines is 1. The van der Waals surface area contributed by atoms with Gasteiger partial charge >= 0.3 is 0 Å². The van der Waals surface area contributed by atoms with Crippen LogP contribution in [0.4, 0.5) is 4.39 Å². The Hall–Kier alpha value is -3.46. The van der Waals surface area contributed by atoms with E-state index in [0.717, 1.165) is 31.4 Å². The molecule has 1 saturated heterocycles. The van der Waals surface area contributed by atoms with Crippen molar-refractivity contribution in [1.82, 2.24) is 15.3 Å². The average molecular weight is 455 g/mol. The van der Waals surface area contributed by atoms with Crippen LogP contribution in [0.5, 0.6) is 11.5 Å². The number of amides is 1. The van der Waals surface area contributed by atoms with E-state index in [4.69, 9.17) is 14.2 Å². The maximum absolute atomic E-state index is 14.5. The Morgan fingerprint density at radius 2 is 2.18 bits per heavy atom. The van der Waals surface area contributed by atoms with Crippen LogP contribution >= 0.6 is 0 Å². The number of hydrogen-bond acceptors (Lipinski definition) is 6. The molecule has 174 valence electrons. The maximum Gasteiger partial charge on any atom is 0.287 e. The van der Waals surface area contributed by atoms with Gasteiger partial charge in [0, 0.05) is 19.6 Å². The summed E-state index contributed by atoms with van der Waals surface area (Å²) >= 11 is 0. The fraction of sp³-hybridized carbons (Fsp3) is 0.375. The van der Waals surface area contributed by atoms with Crippen LogP contribution in [-0.4, -0.2) is 42.3 Å². The van der Waals surface area contributed by atoms with Crippen molar-refractivity contribution < 1.29 is 23.4 Å². The van der Waals surface area contributed by atoms with Gasteiger partial charge in [-0.3, -0.25) is 9.59 Å². The first kappa shape index (κ1) is 22.7. The lowest BCUT2D eigenvalue weighted by Crippen LogP contribution is -2.28. The van der Waals surface area contributed by atoms with E-state index >= 15 is 0 Å². The highest BCUT2D eigenvalue weighted by Gasteiger charge is 2.19. The molecule has 0 spiro atoms. The second-order valence-corrected chi connectivity index (χ2v) is 7.85. The zero-order valence-electron chi connectivity index (χ0n) is 18.4. The minimum atomic E-state index is -0.658. The van der Waals surface area contributed by atoms with Crippen LogP contribution in [0.3, 0.4) is 0 Å². The molecule has 1 aromatic heterocycles. The minimum absolute atomic E-state index is 0.0242. The first-order chi connectivity index (χ1) is 16.0. The van der Waals surface area contributed by atoms with Crippen molar-refractivity contribution >= 4 is 16.8 Å². The quantitative estimate of drug-likeness (QED) is 0.540. The number of halogens is 1. The second-order valence-electron chi connectivity index (χ2n) is 7.85. The molecule has 1 fully saturated rings. The summed E-state index contributed by atoms with van der Waals surface area (Å²) in [6, 6.07) is 9.78. The number of carbonyl (C=O) groups is 1. The summed E-state index contributed by atoms with van der Waals surface area (Å²) in [5, 5.41) is 2.68. The summed E-state index contributed by atoms with van der Waals surface area (Å²) in [5.74, 6) is -0.875. The summed E-state index contributed by atoms with van der Waals surface area (Å²) in [6.07, 6.45) is 3.77. The Bertz CT molecular complexity index is 1190. The molecule has 1 amide bonds. The Morgan fingerprint density at radius 1 is 1.30 bits per heavy atom. The molecule has 0 saturated carbocycles. The summed E-state index contributed by atoms with van der Waals surface area (Å²) in [4.78, 5) is 32.0. The number of carbonyl (C=O) groups excluding carboxylic acids is 1. The smallest absolute Gasteiger partial charge is 0.287 e.